The van der Waals surface area contributed by atoms with Crippen molar-refractivity contribution < 1.29 is 9.53 Å². The first-order valence-electron chi connectivity index (χ1n) is 9.23. The van der Waals surface area contributed by atoms with Crippen LogP contribution < -0.4 is 5.56 Å². The molecule has 3 heterocycles. The zero-order valence-corrected chi connectivity index (χ0v) is 15.3. The van der Waals surface area contributed by atoms with E-state index in [0.29, 0.717) is 19.1 Å². The van der Waals surface area contributed by atoms with Crippen molar-refractivity contribution in [2.24, 2.45) is 18.9 Å². The quantitative estimate of drug-likeness (QED) is 0.800. The Morgan fingerprint density at radius 2 is 2.08 bits per heavy atom. The third-order valence-corrected chi connectivity index (χ3v) is 5.47. The summed E-state index contributed by atoms with van der Waals surface area (Å²) in [5.74, 6) is 0.863. The molecule has 0 radical (unpaired) electrons. The Morgan fingerprint density at radius 1 is 1.32 bits per heavy atom. The summed E-state index contributed by atoms with van der Waals surface area (Å²) in [6, 6.07) is 3.74. The molecule has 0 aromatic carbocycles. The number of piperidine rings is 1. The van der Waals surface area contributed by atoms with E-state index >= 15 is 0 Å². The average Bonchev–Trinajstić information content (AvgIpc) is 3.14. The zero-order valence-electron chi connectivity index (χ0n) is 15.3. The van der Waals surface area contributed by atoms with Crippen molar-refractivity contribution in [3.05, 3.63) is 34.2 Å². The third kappa shape index (κ3) is 4.70. The van der Waals surface area contributed by atoms with Gasteiger partial charge in [0, 0.05) is 46.1 Å². The number of rotatable bonds is 5. The van der Waals surface area contributed by atoms with E-state index in [4.69, 9.17) is 4.74 Å². The molecule has 2 aliphatic heterocycles. The van der Waals surface area contributed by atoms with Crippen molar-refractivity contribution in [1.29, 1.82) is 0 Å². The average molecular weight is 347 g/mol. The summed E-state index contributed by atoms with van der Waals surface area (Å²) < 4.78 is 6.92. The summed E-state index contributed by atoms with van der Waals surface area (Å²) in [5, 5.41) is 0. The maximum absolute atomic E-state index is 12.4. The van der Waals surface area contributed by atoms with E-state index in [-0.39, 0.29) is 17.4 Å². The highest BCUT2D eigenvalue weighted by atomic mass is 16.5. The maximum atomic E-state index is 12.4. The van der Waals surface area contributed by atoms with Gasteiger partial charge in [-0.1, -0.05) is 0 Å². The van der Waals surface area contributed by atoms with Crippen LogP contribution in [0.15, 0.2) is 23.1 Å². The van der Waals surface area contributed by atoms with Crippen LogP contribution in [0.25, 0.3) is 0 Å². The van der Waals surface area contributed by atoms with Gasteiger partial charge in [0.15, 0.2) is 0 Å². The molecule has 0 aliphatic carbocycles. The minimum Gasteiger partial charge on any atom is -0.381 e. The predicted octanol–water partition coefficient (Wildman–Crippen LogP) is 1.09. The van der Waals surface area contributed by atoms with Gasteiger partial charge >= 0.3 is 0 Å². The van der Waals surface area contributed by atoms with E-state index < -0.39 is 0 Å². The van der Waals surface area contributed by atoms with Crippen LogP contribution in [0, 0.1) is 11.8 Å². The Morgan fingerprint density at radius 3 is 2.72 bits per heavy atom. The first-order chi connectivity index (χ1) is 12.0. The molecule has 1 aromatic heterocycles. The lowest BCUT2D eigenvalue weighted by molar-refractivity contribution is -0.134. The number of likely N-dealkylation sites (tertiary alicyclic amines) is 1. The topological polar surface area (TPSA) is 54.8 Å². The molecule has 0 N–H and O–H groups in total. The smallest absolute Gasteiger partial charge is 0.250 e. The Labute approximate surface area is 149 Å². The van der Waals surface area contributed by atoms with Gasteiger partial charge in [0.25, 0.3) is 5.56 Å². The van der Waals surface area contributed by atoms with Gasteiger partial charge in [0.2, 0.25) is 5.91 Å². The molecule has 6 nitrogen and oxygen atoms in total. The SMILES string of the molecule is CN(CC1CCN(Cc2ccn(C)c(=O)c2)CC1)C(=O)C1CCOC1. The summed E-state index contributed by atoms with van der Waals surface area (Å²) in [4.78, 5) is 28.4. The number of hydrogen-bond donors (Lipinski definition) is 0. The number of pyridine rings is 1. The summed E-state index contributed by atoms with van der Waals surface area (Å²) in [6.45, 7) is 5.01. The van der Waals surface area contributed by atoms with E-state index in [1.165, 1.54) is 0 Å². The summed E-state index contributed by atoms with van der Waals surface area (Å²) in [7, 11) is 3.69. The van der Waals surface area contributed by atoms with Crippen LogP contribution in [0.3, 0.4) is 0 Å². The lowest BCUT2D eigenvalue weighted by Crippen LogP contribution is -2.41. The van der Waals surface area contributed by atoms with Crippen molar-refractivity contribution in [3.8, 4) is 0 Å². The molecule has 0 saturated carbocycles. The van der Waals surface area contributed by atoms with Crippen molar-refractivity contribution in [1.82, 2.24) is 14.4 Å². The standard InChI is InChI=1S/C19H29N3O3/c1-20-7-3-16(11-18(20)23)13-22-8-4-15(5-9-22)12-21(2)19(24)17-6-10-25-14-17/h3,7,11,15,17H,4-6,8-10,12-14H2,1-2H3. The molecule has 1 amide bonds. The molecule has 2 fully saturated rings. The molecule has 0 bridgehead atoms. The van der Waals surface area contributed by atoms with Gasteiger partial charge in [-0.3, -0.25) is 14.5 Å². The number of carbonyl (C=O) groups excluding carboxylic acids is 1. The first kappa shape index (κ1) is 18.1. The van der Waals surface area contributed by atoms with Gasteiger partial charge in [0.1, 0.15) is 0 Å². The number of nitrogens with zero attached hydrogens (tertiary/aromatic N) is 3. The number of ether oxygens (including phenoxy) is 1. The maximum Gasteiger partial charge on any atom is 0.250 e. The highest BCUT2D eigenvalue weighted by Gasteiger charge is 2.28. The molecule has 1 atom stereocenters. The largest absolute Gasteiger partial charge is 0.381 e. The van der Waals surface area contributed by atoms with Gasteiger partial charge in [-0.05, 0) is 49.9 Å². The molecule has 3 rings (SSSR count). The molecule has 1 unspecified atom stereocenters. The molecule has 138 valence electrons. The van der Waals surface area contributed by atoms with Gasteiger partial charge in [0.05, 0.1) is 12.5 Å². The number of aryl methyl sites for hydroxylation is 1. The van der Waals surface area contributed by atoms with Crippen LogP contribution in [-0.2, 0) is 23.1 Å². The zero-order chi connectivity index (χ0) is 17.8. The molecule has 25 heavy (non-hydrogen) atoms. The molecule has 0 spiro atoms. The van der Waals surface area contributed by atoms with E-state index in [1.54, 1.807) is 17.7 Å². The van der Waals surface area contributed by atoms with Crippen molar-refractivity contribution >= 4 is 5.91 Å². The second-order valence-corrected chi connectivity index (χ2v) is 7.48. The monoisotopic (exact) mass is 347 g/mol. The van der Waals surface area contributed by atoms with Crippen molar-refractivity contribution in [2.75, 3.05) is 39.9 Å². The van der Waals surface area contributed by atoms with Gasteiger partial charge in [-0.25, -0.2) is 0 Å². The first-order valence-corrected chi connectivity index (χ1v) is 9.23. The Bertz CT molecular complexity index is 644. The number of carbonyl (C=O) groups is 1. The van der Waals surface area contributed by atoms with Crippen LogP contribution in [0.2, 0.25) is 0 Å². The Kier molecular flexibility index (Phi) is 5.91. The molecule has 2 saturated heterocycles. The van der Waals surface area contributed by atoms with E-state index in [1.807, 2.05) is 24.2 Å². The van der Waals surface area contributed by atoms with Gasteiger partial charge < -0.3 is 14.2 Å². The lowest BCUT2D eigenvalue weighted by Gasteiger charge is -2.34. The number of amides is 1. The van der Waals surface area contributed by atoms with Crippen molar-refractivity contribution in [3.63, 3.8) is 0 Å². The lowest BCUT2D eigenvalue weighted by atomic mass is 9.95. The number of hydrogen-bond acceptors (Lipinski definition) is 4. The molecule has 2 aliphatic rings. The number of aromatic nitrogens is 1. The highest BCUT2D eigenvalue weighted by molar-refractivity contribution is 5.78. The molecule has 1 aromatic rings. The van der Waals surface area contributed by atoms with E-state index in [9.17, 15) is 9.59 Å². The third-order valence-electron chi connectivity index (χ3n) is 5.47. The molecule has 6 heteroatoms. The normalized spacial score (nSPS) is 22.2. The van der Waals surface area contributed by atoms with Gasteiger partial charge in [-0.15, -0.1) is 0 Å². The minimum atomic E-state index is 0.0448. The second kappa shape index (κ2) is 8.15. The van der Waals surface area contributed by atoms with E-state index in [2.05, 4.69) is 4.90 Å². The predicted molar refractivity (Wildman–Crippen MR) is 96.2 cm³/mol. The summed E-state index contributed by atoms with van der Waals surface area (Å²) in [6.07, 6.45) is 4.89. The summed E-state index contributed by atoms with van der Waals surface area (Å²) >= 11 is 0. The summed E-state index contributed by atoms with van der Waals surface area (Å²) in [5.41, 5.74) is 1.12. The van der Waals surface area contributed by atoms with Crippen LogP contribution in [0.4, 0.5) is 0 Å². The molecular formula is C19H29N3O3. The van der Waals surface area contributed by atoms with Crippen molar-refractivity contribution in [2.45, 2.75) is 25.8 Å². The van der Waals surface area contributed by atoms with Crippen LogP contribution in [0.5, 0.6) is 0 Å². The Hall–Kier alpha value is -1.66. The van der Waals surface area contributed by atoms with Crippen LogP contribution in [-0.4, -0.2) is 60.2 Å². The minimum absolute atomic E-state index is 0.0448. The Balaban J connectivity index is 1.44. The fraction of sp³-hybridized carbons (Fsp3) is 0.684. The fourth-order valence-electron chi connectivity index (χ4n) is 3.79. The fourth-order valence-corrected chi connectivity index (χ4v) is 3.79. The van der Waals surface area contributed by atoms with Crippen LogP contribution >= 0.6 is 0 Å². The van der Waals surface area contributed by atoms with Gasteiger partial charge in [-0.2, -0.15) is 0 Å². The molecular weight excluding hydrogens is 318 g/mol. The van der Waals surface area contributed by atoms with Crippen LogP contribution in [0.1, 0.15) is 24.8 Å². The highest BCUT2D eigenvalue weighted by Crippen LogP contribution is 2.21. The van der Waals surface area contributed by atoms with E-state index in [0.717, 1.165) is 51.0 Å². The second-order valence-electron chi connectivity index (χ2n) is 7.48.